The Kier molecular flexibility index (Phi) is 22.5. The number of thiazole rings is 2. The molecule has 0 radical (unpaired) electrons. The van der Waals surface area contributed by atoms with Crippen molar-refractivity contribution in [3.63, 3.8) is 0 Å². The highest BCUT2D eigenvalue weighted by Crippen LogP contribution is 2.31. The fraction of sp³-hybridized carbons (Fsp3) is 0.0962. The number of Topliss-reactive ketones (excluding diaryl/α,β-unsaturated/α-hetero) is 1. The maximum absolute atomic E-state index is 12.3. The summed E-state index contributed by atoms with van der Waals surface area (Å²) in [5.74, 6) is -0.310. The SMILES string of the molecule is C.C.Cc1ccccc1Br.Cc1ccccc1Nc1nc(-c2cc3cccc(Cl)c3oc2=O)cs1.NC(N)=S.Nc1nc(-c2cc3cccc(Cl)c3oc2=O)cs1.O=C(CBr)c1cc2cccc(Cl)c2oc1=O. The van der Waals surface area contributed by atoms with Gasteiger partial charge in [0.05, 0.1) is 42.9 Å². The molecule has 0 saturated heterocycles. The standard InChI is InChI=1S/C19H13ClN2O2S.C12H7ClN2O2S.C11H6BrClO3.C7H7Br.CH4N2S.2CH4/c1-11-5-2-3-8-15(11)21-19-22-16(10-25-19)13-9-12-6-4-7-14(20)17(12)24-18(13)23;13-8-3-1-2-6-4-7(11(16)17-10(6)8)9-5-18-12(14)15-9;12-5-9(14)7-4-6-2-1-3-8(13)10(6)16-11(7)15;1-6-4-2-3-5-7(6)8;2-1(3)4;;/h2-10H,1H3,(H,21,22);1-5H,(H2,14,15);1-4H,5H2;2-5H,1H3;(H4,2,3,4);2*1H4. The van der Waals surface area contributed by atoms with E-state index in [1.165, 1.54) is 38.8 Å². The van der Waals surface area contributed by atoms with Crippen molar-refractivity contribution in [2.75, 3.05) is 16.4 Å². The van der Waals surface area contributed by atoms with Gasteiger partial charge in [0.2, 0.25) is 0 Å². The summed E-state index contributed by atoms with van der Waals surface area (Å²) in [6.07, 6.45) is 0. The van der Waals surface area contributed by atoms with Crippen LogP contribution in [0, 0.1) is 13.8 Å². The fourth-order valence-electron chi connectivity index (χ4n) is 6.20. The number of anilines is 3. The molecule has 7 N–H and O–H groups in total. The Hall–Kier alpha value is -6.22. The average Bonchev–Trinajstić information content (AvgIpc) is 4.00. The Bertz CT molecular complexity index is 3710. The number of nitrogen functional groups attached to an aromatic ring is 1. The minimum atomic E-state index is -0.662. The smallest absolute Gasteiger partial charge is 0.347 e. The maximum atomic E-state index is 12.3. The summed E-state index contributed by atoms with van der Waals surface area (Å²) in [5, 5.41) is 11.4. The van der Waals surface area contributed by atoms with Gasteiger partial charge in [-0.15, -0.1) is 22.7 Å². The molecule has 5 aromatic carbocycles. The van der Waals surface area contributed by atoms with Crippen molar-refractivity contribution in [1.82, 2.24) is 9.97 Å². The summed E-state index contributed by atoms with van der Waals surface area (Å²) < 4.78 is 16.8. The molecular weight excluding hydrogens is 1180 g/mol. The first-order valence-electron chi connectivity index (χ1n) is 20.5. The summed E-state index contributed by atoms with van der Waals surface area (Å²) in [5.41, 5.74) is 19.6. The molecule has 0 saturated carbocycles. The summed E-state index contributed by atoms with van der Waals surface area (Å²) in [7, 11) is 0. The molecule has 0 bridgehead atoms. The molecule has 0 spiro atoms. The third-order valence-corrected chi connectivity index (χ3v) is 13.3. The van der Waals surface area contributed by atoms with Crippen LogP contribution in [0.15, 0.2) is 164 Å². The van der Waals surface area contributed by atoms with Crippen LogP contribution >= 0.6 is 102 Å². The number of ketones is 1. The van der Waals surface area contributed by atoms with Gasteiger partial charge in [-0.3, -0.25) is 4.79 Å². The van der Waals surface area contributed by atoms with Gasteiger partial charge in [0.15, 0.2) is 37.9 Å². The van der Waals surface area contributed by atoms with E-state index in [2.05, 4.69) is 83.8 Å². The van der Waals surface area contributed by atoms with E-state index >= 15 is 0 Å². The van der Waals surface area contributed by atoms with Crippen molar-refractivity contribution < 1.29 is 18.0 Å². The van der Waals surface area contributed by atoms with Gasteiger partial charge in [-0.2, -0.15) is 0 Å². The van der Waals surface area contributed by atoms with E-state index in [-0.39, 0.29) is 36.6 Å². The number of para-hydroxylation sites is 4. The summed E-state index contributed by atoms with van der Waals surface area (Å²) in [4.78, 5) is 55.8. The van der Waals surface area contributed by atoms with Crippen LogP contribution in [0.25, 0.3) is 55.4 Å². The second kappa shape index (κ2) is 27.7. The van der Waals surface area contributed by atoms with E-state index < -0.39 is 16.9 Å². The highest BCUT2D eigenvalue weighted by molar-refractivity contribution is 9.10. The molecular formula is C52H45Br2Cl3N6O7S3. The van der Waals surface area contributed by atoms with Gasteiger partial charge >= 0.3 is 16.9 Å². The molecule has 10 rings (SSSR count). The lowest BCUT2D eigenvalue weighted by Crippen LogP contribution is -2.18. The Morgan fingerprint density at radius 2 is 1.08 bits per heavy atom. The number of alkyl halides is 1. The summed E-state index contributed by atoms with van der Waals surface area (Å²) >= 11 is 31.1. The van der Waals surface area contributed by atoms with Crippen LogP contribution in [0.5, 0.6) is 0 Å². The number of carbonyl (C=O) groups excluding carboxylic acids is 1. The van der Waals surface area contributed by atoms with Crippen LogP contribution in [-0.2, 0) is 0 Å². The van der Waals surface area contributed by atoms with Gasteiger partial charge in [0.25, 0.3) is 0 Å². The summed E-state index contributed by atoms with van der Waals surface area (Å²) in [6.45, 7) is 4.10. The van der Waals surface area contributed by atoms with E-state index in [1.54, 1.807) is 53.9 Å². The number of nitrogens with zero attached hydrogens (tertiary/aromatic N) is 2. The van der Waals surface area contributed by atoms with Crippen LogP contribution in [0.1, 0.15) is 36.3 Å². The number of aryl methyl sites for hydroxylation is 2. The van der Waals surface area contributed by atoms with Gasteiger partial charge in [-0.25, -0.2) is 24.4 Å². The second-order valence-corrected chi connectivity index (χ2v) is 19.4. The van der Waals surface area contributed by atoms with Gasteiger partial charge in [-0.05, 0) is 85.7 Å². The number of nitrogens with two attached hydrogens (primary N) is 3. The van der Waals surface area contributed by atoms with E-state index in [9.17, 15) is 19.2 Å². The first-order valence-corrected chi connectivity index (χ1v) is 25.7. The molecule has 5 aromatic heterocycles. The van der Waals surface area contributed by atoms with Crippen molar-refractivity contribution in [3.8, 4) is 22.5 Å². The van der Waals surface area contributed by atoms with Gasteiger partial charge < -0.3 is 35.8 Å². The molecule has 0 amide bonds. The monoisotopic (exact) mass is 1220 g/mol. The normalized spacial score (nSPS) is 10.1. The number of thiocarbonyl (C=S) groups is 1. The highest BCUT2D eigenvalue weighted by Gasteiger charge is 2.16. The van der Waals surface area contributed by atoms with Crippen molar-refractivity contribution >= 4 is 161 Å². The van der Waals surface area contributed by atoms with Crippen LogP contribution in [-0.4, -0.2) is 26.2 Å². The zero-order chi connectivity index (χ0) is 51.4. The molecule has 10 aromatic rings. The number of benzene rings is 5. The minimum Gasteiger partial charge on any atom is -0.421 e. The molecule has 0 atom stereocenters. The molecule has 13 nitrogen and oxygen atoms in total. The van der Waals surface area contributed by atoms with E-state index in [0.29, 0.717) is 64.8 Å². The number of nitrogens with one attached hydrogen (secondary N) is 1. The van der Waals surface area contributed by atoms with Gasteiger partial charge in [0.1, 0.15) is 5.56 Å². The first-order chi connectivity index (χ1) is 33.9. The van der Waals surface area contributed by atoms with Crippen LogP contribution in [0.2, 0.25) is 15.1 Å². The Morgan fingerprint density at radius 1 is 0.644 bits per heavy atom. The highest BCUT2D eigenvalue weighted by atomic mass is 79.9. The molecule has 0 aliphatic rings. The number of hydrogen-bond donors (Lipinski definition) is 4. The molecule has 0 aliphatic carbocycles. The van der Waals surface area contributed by atoms with Crippen LogP contribution in [0.4, 0.5) is 16.0 Å². The zero-order valence-electron chi connectivity index (χ0n) is 37.0. The van der Waals surface area contributed by atoms with Crippen molar-refractivity contribution in [2.24, 2.45) is 11.5 Å². The fourth-order valence-corrected chi connectivity index (χ4v) is 8.73. The lowest BCUT2D eigenvalue weighted by Gasteiger charge is -2.05. The number of carbonyl (C=O) groups is 1. The Morgan fingerprint density at radius 3 is 1.52 bits per heavy atom. The van der Waals surface area contributed by atoms with Gasteiger partial charge in [-0.1, -0.05) is 154 Å². The second-order valence-electron chi connectivity index (χ2n) is 14.6. The van der Waals surface area contributed by atoms with Crippen molar-refractivity contribution in [3.05, 3.63) is 200 Å². The van der Waals surface area contributed by atoms with E-state index in [0.717, 1.165) is 27.2 Å². The minimum absolute atomic E-state index is 0. The third-order valence-electron chi connectivity index (χ3n) is 9.60. The molecule has 73 heavy (non-hydrogen) atoms. The molecule has 0 unspecified atom stereocenters. The molecule has 21 heteroatoms. The number of hydrogen-bond acceptors (Lipinski definition) is 14. The average molecular weight is 1230 g/mol. The topological polar surface area (TPSA) is 224 Å². The molecule has 378 valence electrons. The number of fused-ring (bicyclic) bond motifs is 3. The Balaban J connectivity index is 0.000000215. The Labute approximate surface area is 464 Å². The van der Waals surface area contributed by atoms with Crippen molar-refractivity contribution in [2.45, 2.75) is 28.7 Å². The van der Waals surface area contributed by atoms with Gasteiger partial charge in [0, 0.05) is 37.1 Å². The van der Waals surface area contributed by atoms with Crippen LogP contribution < -0.4 is 39.4 Å². The van der Waals surface area contributed by atoms with E-state index in [1.807, 2.05) is 73.0 Å². The van der Waals surface area contributed by atoms with E-state index in [4.69, 9.17) is 53.8 Å². The zero-order valence-corrected chi connectivity index (χ0v) is 44.9. The molecule has 0 fully saturated rings. The summed E-state index contributed by atoms with van der Waals surface area (Å²) in [6, 6.07) is 36.8. The molecule has 5 heterocycles. The van der Waals surface area contributed by atoms with Crippen molar-refractivity contribution in [1.29, 1.82) is 0 Å². The predicted octanol–water partition coefficient (Wildman–Crippen LogP) is 15.0. The molecule has 0 aliphatic heterocycles. The number of rotatable bonds is 6. The maximum Gasteiger partial charge on any atom is 0.347 e. The largest absolute Gasteiger partial charge is 0.421 e. The number of aromatic nitrogens is 2. The number of halogens is 5. The predicted molar refractivity (Wildman–Crippen MR) is 315 cm³/mol. The lowest BCUT2D eigenvalue weighted by molar-refractivity contribution is 0.102. The third kappa shape index (κ3) is 15.9. The first kappa shape index (κ1) is 59.3. The lowest BCUT2D eigenvalue weighted by atomic mass is 10.1. The quantitative estimate of drug-likeness (QED) is 0.0526. The van der Waals surface area contributed by atoms with Crippen LogP contribution in [0.3, 0.4) is 0 Å².